The quantitative estimate of drug-likeness (QED) is 0.468. The van der Waals surface area contributed by atoms with Crippen molar-refractivity contribution >= 4 is 29.4 Å². The van der Waals surface area contributed by atoms with E-state index in [9.17, 15) is 9.59 Å². The van der Waals surface area contributed by atoms with Gasteiger partial charge in [0.05, 0.1) is 24.8 Å². The number of ether oxygens (including phenoxy) is 3. The van der Waals surface area contributed by atoms with Crippen LogP contribution in [0.25, 0.3) is 0 Å². The maximum Gasteiger partial charge on any atom is 0.409 e. The smallest absolute Gasteiger partial charge is 0.409 e. The second-order valence-corrected chi connectivity index (χ2v) is 12.0. The van der Waals surface area contributed by atoms with Crippen molar-refractivity contribution in [1.29, 1.82) is 5.26 Å². The predicted molar refractivity (Wildman–Crippen MR) is 153 cm³/mol. The number of carbonyl (C=O) groups is 2. The van der Waals surface area contributed by atoms with Gasteiger partial charge in [-0.2, -0.15) is 5.26 Å². The average Bonchev–Trinajstić information content (AvgIpc) is 3.27. The molecule has 1 aromatic rings. The van der Waals surface area contributed by atoms with E-state index < -0.39 is 0 Å². The van der Waals surface area contributed by atoms with E-state index in [2.05, 4.69) is 11.0 Å². The number of hydrogen-bond donors (Lipinski definition) is 0. The number of nitriles is 1. The van der Waals surface area contributed by atoms with Crippen LogP contribution in [-0.2, 0) is 14.3 Å². The van der Waals surface area contributed by atoms with Gasteiger partial charge >= 0.3 is 6.09 Å². The molecular formula is C30H40N4O5S. The van der Waals surface area contributed by atoms with E-state index in [1.165, 1.54) is 0 Å². The Balaban J connectivity index is 1.02. The second-order valence-electron chi connectivity index (χ2n) is 11.6. The van der Waals surface area contributed by atoms with Crippen molar-refractivity contribution in [2.75, 3.05) is 45.9 Å². The van der Waals surface area contributed by atoms with Crippen LogP contribution in [0.2, 0.25) is 0 Å². The molecule has 2 amide bonds. The second kappa shape index (κ2) is 12.6. The van der Waals surface area contributed by atoms with Crippen molar-refractivity contribution in [3.05, 3.63) is 29.8 Å². The van der Waals surface area contributed by atoms with E-state index >= 15 is 0 Å². The monoisotopic (exact) mass is 568 g/mol. The highest BCUT2D eigenvalue weighted by Crippen LogP contribution is 2.37. The maximum absolute atomic E-state index is 13.3. The van der Waals surface area contributed by atoms with Crippen molar-refractivity contribution in [1.82, 2.24) is 14.7 Å². The SMILES string of the molecule is CCOC(=O)N1CCC2(CC1)CN(CC1CCC(C(=O)N3CCC(Oc4ccc(C#N)cc4)CC3)CC1)C(=S)O2. The molecule has 0 aromatic heterocycles. The molecule has 0 bridgehead atoms. The van der Waals surface area contributed by atoms with Crippen LogP contribution < -0.4 is 4.74 Å². The van der Waals surface area contributed by atoms with E-state index in [-0.39, 0.29) is 23.7 Å². The van der Waals surface area contributed by atoms with Gasteiger partial charge in [0.25, 0.3) is 5.17 Å². The van der Waals surface area contributed by atoms with E-state index in [1.807, 2.05) is 24.0 Å². The first-order chi connectivity index (χ1) is 19.4. The van der Waals surface area contributed by atoms with Crippen LogP contribution in [0.15, 0.2) is 24.3 Å². The van der Waals surface area contributed by atoms with Crippen LogP contribution in [-0.4, -0.2) is 89.5 Å². The molecule has 1 aromatic carbocycles. The van der Waals surface area contributed by atoms with Gasteiger partial charge in [-0.3, -0.25) is 4.79 Å². The molecule has 1 spiro atoms. The van der Waals surface area contributed by atoms with E-state index in [1.54, 1.807) is 17.0 Å². The van der Waals surface area contributed by atoms with Crippen molar-refractivity contribution < 1.29 is 23.8 Å². The van der Waals surface area contributed by atoms with Gasteiger partial charge in [0, 0.05) is 64.3 Å². The molecule has 0 atom stereocenters. The molecule has 0 unspecified atom stereocenters. The number of benzene rings is 1. The molecular weight excluding hydrogens is 528 g/mol. The molecule has 5 rings (SSSR count). The summed E-state index contributed by atoms with van der Waals surface area (Å²) in [6, 6.07) is 9.33. The summed E-state index contributed by atoms with van der Waals surface area (Å²) in [7, 11) is 0. The molecule has 1 saturated carbocycles. The van der Waals surface area contributed by atoms with E-state index in [0.29, 0.717) is 42.3 Å². The minimum Gasteiger partial charge on any atom is -0.490 e. The zero-order chi connectivity index (χ0) is 28.1. The Labute approximate surface area is 242 Å². The lowest BCUT2D eigenvalue weighted by molar-refractivity contribution is -0.138. The molecule has 216 valence electrons. The molecule has 40 heavy (non-hydrogen) atoms. The summed E-state index contributed by atoms with van der Waals surface area (Å²) in [6.45, 7) is 6.58. The fraction of sp³-hybridized carbons (Fsp3) is 0.667. The van der Waals surface area contributed by atoms with E-state index in [4.69, 9.17) is 31.7 Å². The average molecular weight is 569 g/mol. The molecule has 3 aliphatic heterocycles. The molecule has 0 radical (unpaired) electrons. The first-order valence-electron chi connectivity index (χ1n) is 14.7. The molecule has 1 aliphatic carbocycles. The Morgan fingerprint density at radius 1 is 1.02 bits per heavy atom. The maximum atomic E-state index is 13.3. The third-order valence-electron chi connectivity index (χ3n) is 8.96. The van der Waals surface area contributed by atoms with Crippen molar-refractivity contribution in [3.63, 3.8) is 0 Å². The standard InChI is InChI=1S/C30H40N4O5S/c1-2-37-28(36)33-17-13-30(14-18-33)21-34(29(40)39-30)20-23-3-7-24(8-4-23)27(35)32-15-11-26(12-16-32)38-25-9-5-22(19-31)6-10-25/h5-6,9-10,23-24,26H,2-4,7-8,11-18,20-21H2,1H3. The molecule has 3 saturated heterocycles. The highest BCUT2D eigenvalue weighted by Gasteiger charge is 2.46. The van der Waals surface area contributed by atoms with Crippen LogP contribution in [0.3, 0.4) is 0 Å². The highest BCUT2D eigenvalue weighted by atomic mass is 32.1. The molecule has 9 nitrogen and oxygen atoms in total. The Kier molecular flexibility index (Phi) is 8.99. The largest absolute Gasteiger partial charge is 0.490 e. The minimum absolute atomic E-state index is 0.0972. The van der Waals surface area contributed by atoms with E-state index in [0.717, 1.165) is 83.3 Å². The summed E-state index contributed by atoms with van der Waals surface area (Å²) >= 11 is 5.61. The summed E-state index contributed by atoms with van der Waals surface area (Å²) in [5.41, 5.74) is 0.319. The first-order valence-corrected chi connectivity index (χ1v) is 15.1. The summed E-state index contributed by atoms with van der Waals surface area (Å²) in [5.74, 6) is 1.68. The molecule has 0 N–H and O–H groups in total. The van der Waals surface area contributed by atoms with Gasteiger partial charge < -0.3 is 28.9 Å². The lowest BCUT2D eigenvalue weighted by Gasteiger charge is -2.37. The van der Waals surface area contributed by atoms with Gasteiger partial charge in [0.2, 0.25) is 5.91 Å². The molecule has 4 aliphatic rings. The summed E-state index contributed by atoms with van der Waals surface area (Å²) < 4.78 is 17.4. The summed E-state index contributed by atoms with van der Waals surface area (Å²) in [5, 5.41) is 9.53. The fourth-order valence-electron chi connectivity index (χ4n) is 6.56. The number of amides is 2. The number of hydrogen-bond acceptors (Lipinski definition) is 7. The van der Waals surface area contributed by atoms with Crippen LogP contribution in [0.5, 0.6) is 5.75 Å². The van der Waals surface area contributed by atoms with Crippen LogP contribution in [0.4, 0.5) is 4.79 Å². The lowest BCUT2D eigenvalue weighted by Crippen LogP contribution is -2.49. The molecule has 10 heteroatoms. The van der Waals surface area contributed by atoms with Gasteiger partial charge in [-0.05, 0) is 75.0 Å². The Hall–Kier alpha value is -3.06. The predicted octanol–water partition coefficient (Wildman–Crippen LogP) is 4.34. The van der Waals surface area contributed by atoms with Crippen LogP contribution >= 0.6 is 12.2 Å². The van der Waals surface area contributed by atoms with Crippen molar-refractivity contribution in [2.24, 2.45) is 11.8 Å². The lowest BCUT2D eigenvalue weighted by atomic mass is 9.80. The van der Waals surface area contributed by atoms with Crippen LogP contribution in [0, 0.1) is 23.2 Å². The number of rotatable bonds is 6. The number of likely N-dealkylation sites (tertiary alicyclic amines) is 2. The molecule has 4 fully saturated rings. The van der Waals surface area contributed by atoms with Gasteiger partial charge in [0.1, 0.15) is 17.5 Å². The zero-order valence-corrected chi connectivity index (χ0v) is 24.2. The van der Waals surface area contributed by atoms with Gasteiger partial charge in [-0.25, -0.2) is 4.79 Å². The minimum atomic E-state index is -0.302. The number of nitrogens with zero attached hydrogens (tertiary/aromatic N) is 4. The summed E-state index contributed by atoms with van der Waals surface area (Å²) in [4.78, 5) is 31.3. The van der Waals surface area contributed by atoms with Crippen molar-refractivity contribution in [3.8, 4) is 11.8 Å². The molecule has 3 heterocycles. The Bertz CT molecular complexity index is 1100. The van der Waals surface area contributed by atoms with Gasteiger partial charge in [-0.15, -0.1) is 0 Å². The highest BCUT2D eigenvalue weighted by molar-refractivity contribution is 7.80. The Morgan fingerprint density at radius 3 is 2.33 bits per heavy atom. The van der Waals surface area contributed by atoms with Gasteiger partial charge in [0.15, 0.2) is 0 Å². The first kappa shape index (κ1) is 28.5. The third-order valence-corrected chi connectivity index (χ3v) is 9.30. The van der Waals surface area contributed by atoms with Crippen LogP contribution in [0.1, 0.15) is 63.9 Å². The fourth-order valence-corrected chi connectivity index (χ4v) is 6.88. The number of carbonyl (C=O) groups excluding carboxylic acids is 2. The normalized spacial score (nSPS) is 24.9. The van der Waals surface area contributed by atoms with Crippen molar-refractivity contribution in [2.45, 2.75) is 70.0 Å². The topological polar surface area (TPSA) is 95.3 Å². The number of thiocarbonyl (C=S) groups is 1. The third kappa shape index (κ3) is 6.63. The summed E-state index contributed by atoms with van der Waals surface area (Å²) in [6.07, 6.45) is 6.92. The number of piperidine rings is 2. The Morgan fingerprint density at radius 2 is 1.70 bits per heavy atom. The van der Waals surface area contributed by atoms with Gasteiger partial charge in [-0.1, -0.05) is 0 Å². The zero-order valence-electron chi connectivity index (χ0n) is 23.4.